The summed E-state index contributed by atoms with van der Waals surface area (Å²) in [7, 11) is -1.64. The van der Waals surface area contributed by atoms with Crippen LogP contribution >= 0.6 is 23.2 Å². The molecular weight excluding hydrogens is 427 g/mol. The van der Waals surface area contributed by atoms with Crippen LogP contribution in [0.25, 0.3) is 0 Å². The molecule has 29 heavy (non-hydrogen) atoms. The molecule has 0 aliphatic carbocycles. The SMILES string of the molecule is CN(Cc1ccc(Cl)c(Cl)c1)[C@H](CNS(=O)(=O)c1ccccc1)c1ccccc1. The van der Waals surface area contributed by atoms with Crippen molar-refractivity contribution in [3.05, 3.63) is 100 Å². The molecule has 3 aromatic rings. The van der Waals surface area contributed by atoms with Crippen molar-refractivity contribution < 1.29 is 8.42 Å². The molecule has 4 nitrogen and oxygen atoms in total. The first-order valence-corrected chi connectivity index (χ1v) is 11.3. The molecule has 7 heteroatoms. The Labute approximate surface area is 182 Å². The third-order valence-corrected chi connectivity index (χ3v) is 6.83. The smallest absolute Gasteiger partial charge is 0.240 e. The van der Waals surface area contributed by atoms with Gasteiger partial charge in [-0.2, -0.15) is 0 Å². The summed E-state index contributed by atoms with van der Waals surface area (Å²) in [5.74, 6) is 0. The standard InChI is InChI=1S/C22H22Cl2N2O2S/c1-26(16-17-12-13-20(23)21(24)14-17)22(18-8-4-2-5-9-18)15-25-29(27,28)19-10-6-3-7-11-19/h2-14,22,25H,15-16H2,1H3/t22-/m1/s1. The van der Waals surface area contributed by atoms with Crippen LogP contribution in [0.4, 0.5) is 0 Å². The van der Waals surface area contributed by atoms with Crippen LogP contribution in [0.15, 0.2) is 83.8 Å². The van der Waals surface area contributed by atoms with E-state index in [9.17, 15) is 8.42 Å². The van der Waals surface area contributed by atoms with Gasteiger partial charge in [-0.3, -0.25) is 4.90 Å². The number of halogens is 2. The Morgan fingerprint density at radius 3 is 2.14 bits per heavy atom. The molecule has 1 atom stereocenters. The van der Waals surface area contributed by atoms with Crippen LogP contribution in [-0.2, 0) is 16.6 Å². The number of nitrogens with one attached hydrogen (secondary N) is 1. The number of sulfonamides is 1. The molecule has 0 bridgehead atoms. The molecule has 0 aliphatic rings. The van der Waals surface area contributed by atoms with E-state index in [0.29, 0.717) is 16.6 Å². The lowest BCUT2D eigenvalue weighted by Gasteiger charge is -2.29. The molecule has 0 saturated carbocycles. The highest BCUT2D eigenvalue weighted by Gasteiger charge is 2.21. The largest absolute Gasteiger partial charge is 0.294 e. The van der Waals surface area contributed by atoms with Crippen molar-refractivity contribution in [2.75, 3.05) is 13.6 Å². The fourth-order valence-electron chi connectivity index (χ4n) is 3.11. The van der Waals surface area contributed by atoms with E-state index >= 15 is 0 Å². The Kier molecular flexibility index (Phi) is 7.33. The molecule has 0 spiro atoms. The number of hydrogen-bond donors (Lipinski definition) is 1. The Morgan fingerprint density at radius 1 is 0.897 bits per heavy atom. The van der Waals surface area contributed by atoms with Crippen LogP contribution in [0.2, 0.25) is 10.0 Å². The average molecular weight is 449 g/mol. The number of hydrogen-bond acceptors (Lipinski definition) is 3. The number of benzene rings is 3. The van der Waals surface area contributed by atoms with Crippen LogP contribution in [0.1, 0.15) is 17.2 Å². The molecule has 0 fully saturated rings. The zero-order valence-corrected chi connectivity index (χ0v) is 18.3. The van der Waals surface area contributed by atoms with Gasteiger partial charge in [0, 0.05) is 19.1 Å². The molecule has 1 N–H and O–H groups in total. The summed E-state index contributed by atoms with van der Waals surface area (Å²) >= 11 is 12.2. The van der Waals surface area contributed by atoms with Gasteiger partial charge in [-0.05, 0) is 42.4 Å². The highest BCUT2D eigenvalue weighted by atomic mass is 35.5. The summed E-state index contributed by atoms with van der Waals surface area (Å²) in [5, 5.41) is 1.01. The van der Waals surface area contributed by atoms with E-state index in [2.05, 4.69) is 9.62 Å². The maximum Gasteiger partial charge on any atom is 0.240 e. The molecule has 0 saturated heterocycles. The highest BCUT2D eigenvalue weighted by Crippen LogP contribution is 2.26. The normalized spacial score (nSPS) is 12.8. The third kappa shape index (κ3) is 5.81. The van der Waals surface area contributed by atoms with E-state index in [4.69, 9.17) is 23.2 Å². The average Bonchev–Trinajstić information content (AvgIpc) is 2.72. The van der Waals surface area contributed by atoms with E-state index in [0.717, 1.165) is 11.1 Å². The van der Waals surface area contributed by atoms with E-state index in [1.165, 1.54) is 0 Å². The van der Waals surface area contributed by atoms with Crippen molar-refractivity contribution in [3.63, 3.8) is 0 Å². The van der Waals surface area contributed by atoms with Crippen molar-refractivity contribution in [2.24, 2.45) is 0 Å². The van der Waals surface area contributed by atoms with E-state index in [1.54, 1.807) is 36.4 Å². The van der Waals surface area contributed by atoms with Gasteiger partial charge in [0.15, 0.2) is 0 Å². The van der Waals surface area contributed by atoms with E-state index in [-0.39, 0.29) is 17.5 Å². The van der Waals surface area contributed by atoms with Crippen LogP contribution in [0.5, 0.6) is 0 Å². The van der Waals surface area contributed by atoms with Crippen LogP contribution < -0.4 is 4.72 Å². The predicted molar refractivity (Wildman–Crippen MR) is 119 cm³/mol. The molecule has 0 aliphatic heterocycles. The first kappa shape index (κ1) is 21.8. The first-order valence-electron chi connectivity index (χ1n) is 9.10. The Hall–Kier alpha value is -1.89. The van der Waals surface area contributed by atoms with Crippen molar-refractivity contribution in [2.45, 2.75) is 17.5 Å². The fourth-order valence-corrected chi connectivity index (χ4v) is 4.49. The monoisotopic (exact) mass is 448 g/mol. The van der Waals surface area contributed by atoms with Gasteiger partial charge in [0.25, 0.3) is 0 Å². The summed E-state index contributed by atoms with van der Waals surface area (Å²) in [6.07, 6.45) is 0. The lowest BCUT2D eigenvalue weighted by molar-refractivity contribution is 0.237. The van der Waals surface area contributed by atoms with Gasteiger partial charge in [-0.15, -0.1) is 0 Å². The van der Waals surface area contributed by atoms with Crippen LogP contribution in [0.3, 0.4) is 0 Å². The summed E-state index contributed by atoms with van der Waals surface area (Å²) in [6, 6.07) is 23.5. The summed E-state index contributed by atoms with van der Waals surface area (Å²) in [6.45, 7) is 0.822. The second-order valence-corrected chi connectivity index (χ2v) is 9.34. The first-order chi connectivity index (χ1) is 13.9. The number of likely N-dealkylation sites (N-methyl/N-ethyl adjacent to an activating group) is 1. The van der Waals surface area contributed by atoms with Crippen LogP contribution in [-0.4, -0.2) is 26.9 Å². The molecule has 3 aromatic carbocycles. The highest BCUT2D eigenvalue weighted by molar-refractivity contribution is 7.89. The molecule has 0 radical (unpaired) electrons. The summed E-state index contributed by atoms with van der Waals surface area (Å²) in [4.78, 5) is 2.33. The lowest BCUT2D eigenvalue weighted by Crippen LogP contribution is -2.36. The summed E-state index contributed by atoms with van der Waals surface area (Å²) in [5.41, 5.74) is 2.01. The quantitative estimate of drug-likeness (QED) is 0.518. The second-order valence-electron chi connectivity index (χ2n) is 6.76. The fraction of sp³-hybridized carbons (Fsp3) is 0.182. The van der Waals surface area contributed by atoms with Gasteiger partial charge in [-0.1, -0.05) is 77.8 Å². The van der Waals surface area contributed by atoms with Crippen molar-refractivity contribution in [1.29, 1.82) is 0 Å². The minimum absolute atomic E-state index is 0.163. The predicted octanol–water partition coefficient (Wildman–Crippen LogP) is 5.15. The Balaban J connectivity index is 1.80. The maximum absolute atomic E-state index is 12.7. The maximum atomic E-state index is 12.7. The van der Waals surface area contributed by atoms with Crippen LogP contribution in [0, 0.1) is 0 Å². The number of rotatable bonds is 8. The minimum Gasteiger partial charge on any atom is -0.294 e. The molecule has 152 valence electrons. The minimum atomic E-state index is -3.60. The molecule has 0 unspecified atom stereocenters. The summed E-state index contributed by atoms with van der Waals surface area (Å²) < 4.78 is 28.1. The van der Waals surface area contributed by atoms with Crippen molar-refractivity contribution in [3.8, 4) is 0 Å². The van der Waals surface area contributed by atoms with E-state index < -0.39 is 10.0 Å². The van der Waals surface area contributed by atoms with Gasteiger partial charge in [0.1, 0.15) is 0 Å². The lowest BCUT2D eigenvalue weighted by atomic mass is 10.1. The van der Waals surface area contributed by atoms with Gasteiger partial charge < -0.3 is 0 Å². The van der Waals surface area contributed by atoms with Gasteiger partial charge in [0.05, 0.1) is 14.9 Å². The molecule has 0 heterocycles. The zero-order chi connectivity index (χ0) is 20.9. The van der Waals surface area contributed by atoms with Gasteiger partial charge >= 0.3 is 0 Å². The topological polar surface area (TPSA) is 49.4 Å². The van der Waals surface area contributed by atoms with Gasteiger partial charge in [-0.25, -0.2) is 13.1 Å². The van der Waals surface area contributed by atoms with Crippen molar-refractivity contribution in [1.82, 2.24) is 9.62 Å². The molecule has 0 amide bonds. The Morgan fingerprint density at radius 2 is 1.52 bits per heavy atom. The Bertz CT molecular complexity index is 1040. The molecular formula is C22H22Cl2N2O2S. The molecule has 0 aromatic heterocycles. The molecule has 3 rings (SSSR count). The third-order valence-electron chi connectivity index (χ3n) is 4.65. The van der Waals surface area contributed by atoms with E-state index in [1.807, 2.05) is 49.5 Å². The number of nitrogens with zero attached hydrogens (tertiary/aromatic N) is 1. The second kappa shape index (κ2) is 9.74. The van der Waals surface area contributed by atoms with Crippen molar-refractivity contribution >= 4 is 33.2 Å². The zero-order valence-electron chi connectivity index (χ0n) is 15.9. The van der Waals surface area contributed by atoms with Gasteiger partial charge in [0.2, 0.25) is 10.0 Å².